The summed E-state index contributed by atoms with van der Waals surface area (Å²) in [5, 5.41) is 4.02. The molecule has 1 aromatic heterocycles. The smallest absolute Gasteiger partial charge is 0.244 e. The van der Waals surface area contributed by atoms with E-state index in [2.05, 4.69) is 5.32 Å². The lowest BCUT2D eigenvalue weighted by molar-refractivity contribution is -0.116. The average Bonchev–Trinajstić information content (AvgIpc) is 2.98. The van der Waals surface area contributed by atoms with Gasteiger partial charge in [0, 0.05) is 23.5 Å². The lowest BCUT2D eigenvalue weighted by Gasteiger charge is -2.19. The molecule has 0 radical (unpaired) electrons. The predicted octanol–water partition coefficient (Wildman–Crippen LogP) is 3.05. The Morgan fingerprint density at radius 1 is 1.04 bits per heavy atom. The molecule has 0 saturated heterocycles. The zero-order valence-corrected chi connectivity index (χ0v) is 12.5. The van der Waals surface area contributed by atoms with E-state index < -0.39 is 0 Å². The zero-order valence-electron chi connectivity index (χ0n) is 12.5. The third-order valence-corrected chi connectivity index (χ3v) is 3.82. The summed E-state index contributed by atoms with van der Waals surface area (Å²) in [5.41, 5.74) is 1.75. The summed E-state index contributed by atoms with van der Waals surface area (Å²) in [6, 6.07) is 15.4. The topological polar surface area (TPSA) is 52.5 Å². The highest BCUT2D eigenvalue weighted by Crippen LogP contribution is 2.32. The average molecular weight is 308 g/mol. The van der Waals surface area contributed by atoms with Crippen LogP contribution < -0.4 is 14.8 Å². The van der Waals surface area contributed by atoms with Crippen LogP contribution in [0.15, 0.2) is 54.7 Å². The van der Waals surface area contributed by atoms with E-state index in [0.717, 1.165) is 10.9 Å². The SMILES string of the molecule is O=C(Cn1ccc2ccccc21)Nc1ccc2c(c1)OCCO2. The second kappa shape index (κ2) is 5.68. The van der Waals surface area contributed by atoms with Gasteiger partial charge >= 0.3 is 0 Å². The summed E-state index contributed by atoms with van der Waals surface area (Å²) < 4.78 is 12.9. The monoisotopic (exact) mass is 308 g/mol. The van der Waals surface area contributed by atoms with Crippen LogP contribution in [0, 0.1) is 0 Å². The number of fused-ring (bicyclic) bond motifs is 2. The Kier molecular flexibility index (Phi) is 3.38. The highest BCUT2D eigenvalue weighted by Gasteiger charge is 2.13. The van der Waals surface area contributed by atoms with Gasteiger partial charge in [0.05, 0.1) is 0 Å². The molecule has 0 aliphatic carbocycles. The lowest BCUT2D eigenvalue weighted by Crippen LogP contribution is -2.19. The number of benzene rings is 2. The van der Waals surface area contributed by atoms with Crippen molar-refractivity contribution in [1.82, 2.24) is 4.57 Å². The summed E-state index contributed by atoms with van der Waals surface area (Å²) >= 11 is 0. The Labute approximate surface area is 133 Å². The number of carbonyl (C=O) groups is 1. The van der Waals surface area contributed by atoms with Crippen molar-refractivity contribution < 1.29 is 14.3 Å². The number of carbonyl (C=O) groups excluding carboxylic acids is 1. The quantitative estimate of drug-likeness (QED) is 0.809. The molecule has 0 unspecified atom stereocenters. The second-order valence-corrected chi connectivity index (χ2v) is 5.41. The largest absolute Gasteiger partial charge is 0.486 e. The van der Waals surface area contributed by atoms with Gasteiger partial charge in [0.15, 0.2) is 11.5 Å². The Hall–Kier alpha value is -2.95. The third kappa shape index (κ3) is 2.73. The number of ether oxygens (including phenoxy) is 2. The number of rotatable bonds is 3. The van der Waals surface area contributed by atoms with Crippen LogP contribution in [0.25, 0.3) is 10.9 Å². The summed E-state index contributed by atoms with van der Waals surface area (Å²) in [6.07, 6.45) is 1.92. The first kappa shape index (κ1) is 13.7. The van der Waals surface area contributed by atoms with Gasteiger partial charge in [-0.1, -0.05) is 18.2 Å². The van der Waals surface area contributed by atoms with Gasteiger partial charge in [0.25, 0.3) is 0 Å². The van der Waals surface area contributed by atoms with Gasteiger partial charge < -0.3 is 19.4 Å². The first-order valence-electron chi connectivity index (χ1n) is 7.53. The van der Waals surface area contributed by atoms with Gasteiger partial charge in [-0.15, -0.1) is 0 Å². The number of aromatic nitrogens is 1. The molecule has 1 aliphatic heterocycles. The second-order valence-electron chi connectivity index (χ2n) is 5.41. The van der Waals surface area contributed by atoms with Crippen LogP contribution in [0.3, 0.4) is 0 Å². The number of para-hydroxylation sites is 1. The van der Waals surface area contributed by atoms with Crippen molar-refractivity contribution in [2.24, 2.45) is 0 Å². The summed E-state index contributed by atoms with van der Waals surface area (Å²) in [7, 11) is 0. The third-order valence-electron chi connectivity index (χ3n) is 3.82. The maximum Gasteiger partial charge on any atom is 0.244 e. The minimum absolute atomic E-state index is 0.0805. The van der Waals surface area contributed by atoms with E-state index in [1.165, 1.54) is 0 Å². The summed E-state index contributed by atoms with van der Waals surface area (Å²) in [6.45, 7) is 1.35. The van der Waals surface area contributed by atoms with Crippen molar-refractivity contribution in [3.8, 4) is 11.5 Å². The van der Waals surface area contributed by atoms with Crippen molar-refractivity contribution in [3.05, 3.63) is 54.7 Å². The van der Waals surface area contributed by atoms with E-state index in [9.17, 15) is 4.79 Å². The summed E-state index contributed by atoms with van der Waals surface area (Å²) in [5.74, 6) is 1.30. The van der Waals surface area contributed by atoms with E-state index in [-0.39, 0.29) is 12.5 Å². The van der Waals surface area contributed by atoms with Gasteiger partial charge in [-0.25, -0.2) is 0 Å². The molecule has 0 saturated carbocycles. The standard InChI is InChI=1S/C18H16N2O3/c21-18(12-20-8-7-13-3-1-2-4-15(13)20)19-14-5-6-16-17(11-14)23-10-9-22-16/h1-8,11H,9-10,12H2,(H,19,21). The fourth-order valence-corrected chi connectivity index (χ4v) is 2.75. The summed E-state index contributed by atoms with van der Waals surface area (Å²) in [4.78, 5) is 12.3. The van der Waals surface area contributed by atoms with Crippen molar-refractivity contribution in [2.75, 3.05) is 18.5 Å². The van der Waals surface area contributed by atoms with E-state index >= 15 is 0 Å². The Balaban J connectivity index is 1.50. The van der Waals surface area contributed by atoms with Crippen LogP contribution >= 0.6 is 0 Å². The molecule has 4 rings (SSSR count). The van der Waals surface area contributed by atoms with Crippen molar-refractivity contribution in [1.29, 1.82) is 0 Å². The molecule has 2 aromatic carbocycles. The zero-order chi connectivity index (χ0) is 15.6. The first-order chi connectivity index (χ1) is 11.3. The fraction of sp³-hybridized carbons (Fsp3) is 0.167. The molecule has 0 atom stereocenters. The number of nitrogens with one attached hydrogen (secondary N) is 1. The highest BCUT2D eigenvalue weighted by molar-refractivity contribution is 5.92. The number of hydrogen-bond acceptors (Lipinski definition) is 3. The molecule has 2 heterocycles. The van der Waals surface area contributed by atoms with Crippen LogP contribution in [0.5, 0.6) is 11.5 Å². The van der Waals surface area contributed by atoms with Crippen molar-refractivity contribution in [3.63, 3.8) is 0 Å². The van der Waals surface area contributed by atoms with E-state index in [0.29, 0.717) is 30.4 Å². The van der Waals surface area contributed by atoms with Crippen LogP contribution in [-0.2, 0) is 11.3 Å². The minimum atomic E-state index is -0.0805. The molecule has 5 nitrogen and oxygen atoms in total. The predicted molar refractivity (Wildman–Crippen MR) is 88.0 cm³/mol. The van der Waals surface area contributed by atoms with Crippen LogP contribution in [0.4, 0.5) is 5.69 Å². The Bertz CT molecular complexity index is 870. The molecule has 0 fully saturated rings. The Morgan fingerprint density at radius 2 is 1.87 bits per heavy atom. The molecule has 0 spiro atoms. The normalized spacial score (nSPS) is 13.0. The molecular weight excluding hydrogens is 292 g/mol. The number of anilines is 1. The number of nitrogens with zero attached hydrogens (tertiary/aromatic N) is 1. The molecule has 5 heteroatoms. The molecule has 1 amide bonds. The van der Waals surface area contributed by atoms with Gasteiger partial charge in [0.1, 0.15) is 19.8 Å². The van der Waals surface area contributed by atoms with Gasteiger partial charge in [-0.3, -0.25) is 4.79 Å². The van der Waals surface area contributed by atoms with Crippen molar-refractivity contribution >= 4 is 22.5 Å². The van der Waals surface area contributed by atoms with Crippen LogP contribution in [0.2, 0.25) is 0 Å². The maximum absolute atomic E-state index is 12.3. The molecule has 116 valence electrons. The molecule has 23 heavy (non-hydrogen) atoms. The molecular formula is C18H16N2O3. The van der Waals surface area contributed by atoms with Crippen LogP contribution in [-0.4, -0.2) is 23.7 Å². The van der Waals surface area contributed by atoms with E-state index in [4.69, 9.17) is 9.47 Å². The van der Waals surface area contributed by atoms with Gasteiger partial charge in [-0.2, -0.15) is 0 Å². The number of hydrogen-bond donors (Lipinski definition) is 1. The minimum Gasteiger partial charge on any atom is -0.486 e. The molecule has 1 aliphatic rings. The highest BCUT2D eigenvalue weighted by atomic mass is 16.6. The van der Waals surface area contributed by atoms with E-state index in [1.54, 1.807) is 6.07 Å². The molecule has 0 bridgehead atoms. The maximum atomic E-state index is 12.3. The van der Waals surface area contributed by atoms with Crippen molar-refractivity contribution in [2.45, 2.75) is 6.54 Å². The fourth-order valence-electron chi connectivity index (χ4n) is 2.75. The molecule has 3 aromatic rings. The van der Waals surface area contributed by atoms with Gasteiger partial charge in [-0.05, 0) is 29.7 Å². The molecule has 1 N–H and O–H groups in total. The Morgan fingerprint density at radius 3 is 2.78 bits per heavy atom. The number of amides is 1. The lowest BCUT2D eigenvalue weighted by atomic mass is 10.2. The first-order valence-corrected chi connectivity index (χ1v) is 7.53. The van der Waals surface area contributed by atoms with E-state index in [1.807, 2.05) is 53.2 Å². The van der Waals surface area contributed by atoms with Crippen LogP contribution in [0.1, 0.15) is 0 Å². The van der Waals surface area contributed by atoms with Gasteiger partial charge in [0.2, 0.25) is 5.91 Å².